The molecule has 1 atom stereocenters. The number of carbonyl (C=O) groups is 1. The number of halogens is 2. The van der Waals surface area contributed by atoms with Gasteiger partial charge in [0.05, 0.1) is 29.9 Å². The number of carbonyl (C=O) groups excluding carboxylic acids is 1. The molecule has 1 aliphatic rings. The lowest BCUT2D eigenvalue weighted by molar-refractivity contribution is -0.154. The van der Waals surface area contributed by atoms with E-state index in [0.717, 1.165) is 0 Å². The molecular weight excluding hydrogens is 281 g/mol. The highest BCUT2D eigenvalue weighted by Crippen LogP contribution is 2.25. The van der Waals surface area contributed by atoms with Gasteiger partial charge in [0.15, 0.2) is 11.9 Å². The molecular formula is C11H11Cl2NO4. The molecule has 1 saturated heterocycles. The molecule has 98 valence electrons. The topological polar surface area (TPSA) is 56.8 Å². The van der Waals surface area contributed by atoms with Crippen LogP contribution in [0.4, 0.5) is 0 Å². The van der Waals surface area contributed by atoms with E-state index in [9.17, 15) is 4.79 Å². The summed E-state index contributed by atoms with van der Waals surface area (Å²) in [5.41, 5.74) is 2.27. The van der Waals surface area contributed by atoms with E-state index < -0.39 is 12.0 Å². The van der Waals surface area contributed by atoms with Crippen LogP contribution in [0.25, 0.3) is 0 Å². The van der Waals surface area contributed by atoms with E-state index in [1.165, 1.54) is 6.07 Å². The quantitative estimate of drug-likeness (QED) is 0.863. The van der Waals surface area contributed by atoms with Gasteiger partial charge in [-0.1, -0.05) is 23.2 Å². The van der Waals surface area contributed by atoms with Crippen molar-refractivity contribution in [3.8, 4) is 5.75 Å². The van der Waals surface area contributed by atoms with Gasteiger partial charge in [0.25, 0.3) is 5.91 Å². The Morgan fingerprint density at radius 1 is 1.33 bits per heavy atom. The Morgan fingerprint density at radius 2 is 2.17 bits per heavy atom. The van der Waals surface area contributed by atoms with Crippen molar-refractivity contribution in [2.45, 2.75) is 6.10 Å². The average molecular weight is 292 g/mol. The summed E-state index contributed by atoms with van der Waals surface area (Å²) >= 11 is 11.6. The van der Waals surface area contributed by atoms with Gasteiger partial charge in [-0.2, -0.15) is 5.48 Å². The number of benzene rings is 1. The molecule has 1 aliphatic heterocycles. The third-order valence-corrected chi connectivity index (χ3v) is 3.01. The fourth-order valence-corrected chi connectivity index (χ4v) is 1.64. The van der Waals surface area contributed by atoms with Crippen molar-refractivity contribution < 1.29 is 19.1 Å². The number of amides is 1. The highest BCUT2D eigenvalue weighted by atomic mass is 35.5. The number of nitrogens with one attached hydrogen (secondary N) is 1. The monoisotopic (exact) mass is 291 g/mol. The van der Waals surface area contributed by atoms with Crippen LogP contribution in [0.15, 0.2) is 18.2 Å². The van der Waals surface area contributed by atoms with Crippen LogP contribution < -0.4 is 10.3 Å². The summed E-state index contributed by atoms with van der Waals surface area (Å²) in [7, 11) is 0. The molecule has 0 aliphatic carbocycles. The molecule has 0 spiro atoms. The number of rotatable bonds is 3. The molecule has 5 nitrogen and oxygen atoms in total. The maximum atomic E-state index is 11.6. The normalized spacial score (nSPS) is 19.3. The molecule has 1 aromatic carbocycles. The van der Waals surface area contributed by atoms with Gasteiger partial charge in [-0.25, -0.2) is 0 Å². The van der Waals surface area contributed by atoms with Gasteiger partial charge < -0.3 is 14.3 Å². The Morgan fingerprint density at radius 3 is 2.83 bits per heavy atom. The summed E-state index contributed by atoms with van der Waals surface area (Å²) in [6.07, 6.45) is -0.651. The van der Waals surface area contributed by atoms with E-state index in [2.05, 4.69) is 5.48 Å². The molecule has 0 bridgehead atoms. The van der Waals surface area contributed by atoms with Gasteiger partial charge >= 0.3 is 0 Å². The summed E-state index contributed by atoms with van der Waals surface area (Å²) in [5.74, 6) is -0.0183. The molecule has 1 N–H and O–H groups in total. The van der Waals surface area contributed by atoms with Crippen LogP contribution in [0.3, 0.4) is 0 Å². The fraction of sp³-hybridized carbons (Fsp3) is 0.364. The SMILES string of the molecule is O=C(NOc1ccc(Cl)c(Cl)c1)C1COCCO1. The third-order valence-electron chi connectivity index (χ3n) is 2.27. The van der Waals surface area contributed by atoms with Gasteiger partial charge in [0.2, 0.25) is 0 Å². The number of hydrogen-bond acceptors (Lipinski definition) is 4. The first-order valence-electron chi connectivity index (χ1n) is 5.28. The van der Waals surface area contributed by atoms with Crippen molar-refractivity contribution in [2.24, 2.45) is 0 Å². The first-order chi connectivity index (χ1) is 8.66. The van der Waals surface area contributed by atoms with Gasteiger partial charge in [0.1, 0.15) is 0 Å². The zero-order valence-corrected chi connectivity index (χ0v) is 10.8. The average Bonchev–Trinajstić information content (AvgIpc) is 2.41. The van der Waals surface area contributed by atoms with Crippen molar-refractivity contribution in [3.05, 3.63) is 28.2 Å². The Balaban J connectivity index is 1.86. The second-order valence-corrected chi connectivity index (χ2v) is 4.39. The Bertz CT molecular complexity index is 435. The molecule has 0 radical (unpaired) electrons. The third kappa shape index (κ3) is 3.49. The van der Waals surface area contributed by atoms with Crippen LogP contribution in [0.2, 0.25) is 10.0 Å². The zero-order valence-electron chi connectivity index (χ0n) is 9.32. The maximum absolute atomic E-state index is 11.6. The van der Waals surface area contributed by atoms with E-state index in [1.807, 2.05) is 0 Å². The van der Waals surface area contributed by atoms with E-state index in [0.29, 0.717) is 29.0 Å². The lowest BCUT2D eigenvalue weighted by Crippen LogP contribution is -2.44. The zero-order chi connectivity index (χ0) is 13.0. The second kappa shape index (κ2) is 6.24. The van der Waals surface area contributed by atoms with Gasteiger partial charge in [-0.15, -0.1) is 0 Å². The number of hydrogen-bond donors (Lipinski definition) is 1. The fourth-order valence-electron chi connectivity index (χ4n) is 1.35. The highest BCUT2D eigenvalue weighted by Gasteiger charge is 2.23. The van der Waals surface area contributed by atoms with Gasteiger partial charge in [-0.3, -0.25) is 4.79 Å². The minimum absolute atomic E-state index is 0.219. The van der Waals surface area contributed by atoms with Crippen molar-refractivity contribution in [1.29, 1.82) is 0 Å². The molecule has 1 unspecified atom stereocenters. The summed E-state index contributed by atoms with van der Waals surface area (Å²) in [6.45, 7) is 1.11. The van der Waals surface area contributed by atoms with Crippen LogP contribution in [0.1, 0.15) is 0 Å². The molecule has 0 aromatic heterocycles. The number of hydroxylamine groups is 1. The molecule has 1 aromatic rings. The van der Waals surface area contributed by atoms with E-state index >= 15 is 0 Å². The number of ether oxygens (including phenoxy) is 2. The predicted octanol–water partition coefficient (Wildman–Crippen LogP) is 1.82. The molecule has 1 heterocycles. The minimum atomic E-state index is -0.651. The minimum Gasteiger partial charge on any atom is -0.379 e. The lowest BCUT2D eigenvalue weighted by Gasteiger charge is -2.21. The van der Waals surface area contributed by atoms with Gasteiger partial charge in [0, 0.05) is 6.07 Å². The summed E-state index contributed by atoms with van der Waals surface area (Å²) < 4.78 is 10.3. The van der Waals surface area contributed by atoms with Crippen LogP contribution in [0, 0.1) is 0 Å². The second-order valence-electron chi connectivity index (χ2n) is 3.58. The van der Waals surface area contributed by atoms with Crippen LogP contribution in [-0.2, 0) is 14.3 Å². The first kappa shape index (κ1) is 13.4. The Hall–Kier alpha value is -1.01. The highest BCUT2D eigenvalue weighted by molar-refractivity contribution is 6.42. The standard InChI is InChI=1S/C11H11Cl2NO4/c12-8-2-1-7(5-9(8)13)18-14-11(15)10-6-16-3-4-17-10/h1-2,5,10H,3-4,6H2,(H,14,15). The van der Waals surface area contributed by atoms with Crippen LogP contribution in [-0.4, -0.2) is 31.8 Å². The smallest absolute Gasteiger partial charge is 0.284 e. The van der Waals surface area contributed by atoms with Crippen molar-refractivity contribution in [3.63, 3.8) is 0 Å². The van der Waals surface area contributed by atoms with Gasteiger partial charge in [-0.05, 0) is 12.1 Å². The van der Waals surface area contributed by atoms with Crippen LogP contribution >= 0.6 is 23.2 Å². The van der Waals surface area contributed by atoms with E-state index in [1.54, 1.807) is 12.1 Å². The molecule has 1 fully saturated rings. The molecule has 2 rings (SSSR count). The largest absolute Gasteiger partial charge is 0.379 e. The summed E-state index contributed by atoms with van der Waals surface area (Å²) in [6, 6.07) is 4.67. The summed E-state index contributed by atoms with van der Waals surface area (Å²) in [5, 5.41) is 0.764. The van der Waals surface area contributed by atoms with Crippen molar-refractivity contribution in [1.82, 2.24) is 5.48 Å². The predicted molar refractivity (Wildman–Crippen MR) is 65.8 cm³/mol. The molecule has 0 saturated carbocycles. The maximum Gasteiger partial charge on any atom is 0.284 e. The molecule has 18 heavy (non-hydrogen) atoms. The van der Waals surface area contributed by atoms with E-state index in [-0.39, 0.29) is 6.61 Å². The van der Waals surface area contributed by atoms with Crippen molar-refractivity contribution >= 4 is 29.1 Å². The van der Waals surface area contributed by atoms with E-state index in [4.69, 9.17) is 37.5 Å². The lowest BCUT2D eigenvalue weighted by atomic mass is 10.3. The van der Waals surface area contributed by atoms with Crippen LogP contribution in [0.5, 0.6) is 5.75 Å². The Kier molecular flexibility index (Phi) is 4.66. The van der Waals surface area contributed by atoms with Crippen molar-refractivity contribution in [2.75, 3.05) is 19.8 Å². The Labute approximate surface area is 114 Å². The molecule has 1 amide bonds. The first-order valence-corrected chi connectivity index (χ1v) is 6.03. The molecule has 7 heteroatoms. The summed E-state index contributed by atoms with van der Waals surface area (Å²) in [4.78, 5) is 16.7.